The molecule has 1 amide bonds. The molecule has 1 aromatic heterocycles. The molecule has 2 N–H and O–H groups in total. The molecule has 26 heavy (non-hydrogen) atoms. The molecule has 0 radical (unpaired) electrons. The van der Waals surface area contributed by atoms with Gasteiger partial charge >= 0.3 is 5.97 Å². The summed E-state index contributed by atoms with van der Waals surface area (Å²) >= 11 is 0. The maximum absolute atomic E-state index is 13.0. The summed E-state index contributed by atoms with van der Waals surface area (Å²) in [6, 6.07) is -0.298. The summed E-state index contributed by atoms with van der Waals surface area (Å²) in [6.07, 6.45) is 3.88. The zero-order valence-corrected chi connectivity index (χ0v) is 16.5. The van der Waals surface area contributed by atoms with Crippen molar-refractivity contribution in [1.82, 2.24) is 14.6 Å². The molecule has 0 aromatic carbocycles. The van der Waals surface area contributed by atoms with Crippen molar-refractivity contribution >= 4 is 21.9 Å². The highest BCUT2D eigenvalue weighted by molar-refractivity contribution is 7.88. The van der Waals surface area contributed by atoms with E-state index >= 15 is 0 Å². The summed E-state index contributed by atoms with van der Waals surface area (Å²) in [4.78, 5) is 29.8. The van der Waals surface area contributed by atoms with Gasteiger partial charge in [0.05, 0.1) is 18.9 Å². The van der Waals surface area contributed by atoms with Gasteiger partial charge in [0.1, 0.15) is 5.69 Å². The van der Waals surface area contributed by atoms with E-state index in [0.717, 1.165) is 12.7 Å². The summed E-state index contributed by atoms with van der Waals surface area (Å²) in [7, 11) is -2.01. The molecule has 0 bridgehead atoms. The van der Waals surface area contributed by atoms with Gasteiger partial charge in [0.15, 0.2) is 0 Å². The van der Waals surface area contributed by atoms with E-state index in [1.54, 1.807) is 11.8 Å². The molecule has 2 rings (SSSR count). The number of hydrogen-bond acceptors (Lipinski definition) is 5. The first kappa shape index (κ1) is 20.4. The van der Waals surface area contributed by atoms with E-state index in [9.17, 15) is 18.0 Å². The second kappa shape index (κ2) is 8.22. The Morgan fingerprint density at radius 3 is 2.65 bits per heavy atom. The van der Waals surface area contributed by atoms with Crippen LogP contribution in [0.15, 0.2) is 0 Å². The third-order valence-electron chi connectivity index (χ3n) is 4.48. The Bertz CT molecular complexity index is 785. The smallest absolute Gasteiger partial charge is 0.339 e. The number of nitrogens with zero attached hydrogens (tertiary/aromatic N) is 1. The van der Waals surface area contributed by atoms with Crippen LogP contribution in [0.3, 0.4) is 0 Å². The summed E-state index contributed by atoms with van der Waals surface area (Å²) in [6.45, 7) is 4.58. The van der Waals surface area contributed by atoms with Crippen LogP contribution >= 0.6 is 0 Å². The number of piperidine rings is 1. The Hall–Kier alpha value is -1.87. The van der Waals surface area contributed by atoms with Crippen LogP contribution in [0.5, 0.6) is 0 Å². The van der Waals surface area contributed by atoms with Gasteiger partial charge in [-0.15, -0.1) is 0 Å². The van der Waals surface area contributed by atoms with Crippen molar-refractivity contribution in [3.05, 3.63) is 22.5 Å². The molecular formula is C17H27N3O5S. The monoisotopic (exact) mass is 385 g/mol. The first-order valence-corrected chi connectivity index (χ1v) is 10.6. The van der Waals surface area contributed by atoms with Crippen LogP contribution in [-0.4, -0.2) is 62.7 Å². The van der Waals surface area contributed by atoms with E-state index in [1.807, 2.05) is 6.92 Å². The van der Waals surface area contributed by atoms with E-state index in [0.29, 0.717) is 54.9 Å². The van der Waals surface area contributed by atoms with E-state index in [4.69, 9.17) is 4.74 Å². The quantitative estimate of drug-likeness (QED) is 0.716. The Balaban J connectivity index is 2.29. The van der Waals surface area contributed by atoms with Gasteiger partial charge in [-0.3, -0.25) is 4.79 Å². The summed E-state index contributed by atoms with van der Waals surface area (Å²) in [5.74, 6) is -0.678. The number of carbonyl (C=O) groups excluding carboxylic acids is 2. The number of amides is 1. The SMILES string of the molecule is CCCc1c(C(=O)N2CCC[C@@H](NS(C)(=O)=O)C2)[nH]c(C)c1C(=O)OC. The maximum Gasteiger partial charge on any atom is 0.339 e. The standard InChI is InChI=1S/C17H27N3O5S/c1-5-7-13-14(17(22)25-3)11(2)18-15(13)16(21)20-9-6-8-12(10-20)19-26(4,23)24/h12,18-19H,5-10H2,1-4H3/t12-/m1/s1. The molecule has 146 valence electrons. The molecule has 8 nitrogen and oxygen atoms in total. The molecule has 9 heteroatoms. The number of hydrogen-bond donors (Lipinski definition) is 2. The number of likely N-dealkylation sites (tertiary alicyclic amines) is 1. The minimum Gasteiger partial charge on any atom is -0.465 e. The largest absolute Gasteiger partial charge is 0.465 e. The summed E-state index contributed by atoms with van der Waals surface area (Å²) in [5.41, 5.74) is 2.08. The third kappa shape index (κ3) is 4.64. The number of aromatic amines is 1. The van der Waals surface area contributed by atoms with Crippen molar-refractivity contribution in [2.45, 2.75) is 45.6 Å². The van der Waals surface area contributed by atoms with Gasteiger partial charge in [0, 0.05) is 24.8 Å². The number of esters is 1. The van der Waals surface area contributed by atoms with Crippen LogP contribution < -0.4 is 4.72 Å². The fourth-order valence-corrected chi connectivity index (χ4v) is 4.25. The number of aromatic nitrogens is 1. The van der Waals surface area contributed by atoms with E-state index < -0.39 is 16.0 Å². The lowest BCUT2D eigenvalue weighted by Gasteiger charge is -2.32. The molecule has 1 saturated heterocycles. The third-order valence-corrected chi connectivity index (χ3v) is 5.25. The Morgan fingerprint density at radius 1 is 1.38 bits per heavy atom. The maximum atomic E-state index is 13.0. The fraction of sp³-hybridized carbons (Fsp3) is 0.647. The van der Waals surface area contributed by atoms with Crippen molar-refractivity contribution in [2.75, 3.05) is 26.5 Å². The number of ether oxygens (including phenoxy) is 1. The number of nitrogens with one attached hydrogen (secondary N) is 2. The molecule has 1 aliphatic heterocycles. The summed E-state index contributed by atoms with van der Waals surface area (Å²) < 4.78 is 30.4. The molecule has 0 saturated carbocycles. The Kier molecular flexibility index (Phi) is 6.46. The first-order chi connectivity index (χ1) is 12.2. The molecule has 1 aromatic rings. The van der Waals surface area contributed by atoms with E-state index in [1.165, 1.54) is 7.11 Å². The summed E-state index contributed by atoms with van der Waals surface area (Å²) in [5, 5.41) is 0. The highest BCUT2D eigenvalue weighted by Crippen LogP contribution is 2.24. The topological polar surface area (TPSA) is 109 Å². The van der Waals surface area contributed by atoms with Crippen LogP contribution in [0.4, 0.5) is 0 Å². The second-order valence-corrected chi connectivity index (χ2v) is 8.48. The van der Waals surface area contributed by atoms with E-state index in [2.05, 4.69) is 9.71 Å². The van der Waals surface area contributed by atoms with E-state index in [-0.39, 0.29) is 11.9 Å². The normalized spacial score (nSPS) is 18.0. The van der Waals surface area contributed by atoms with Crippen LogP contribution in [0.25, 0.3) is 0 Å². The molecule has 1 aliphatic rings. The number of aryl methyl sites for hydroxylation is 1. The molecule has 1 fully saturated rings. The molecule has 0 spiro atoms. The number of carbonyl (C=O) groups is 2. The number of rotatable bonds is 6. The van der Waals surface area contributed by atoms with Gasteiger partial charge in [-0.1, -0.05) is 13.3 Å². The van der Waals surface area contributed by atoms with Crippen molar-refractivity contribution in [3.63, 3.8) is 0 Å². The minimum absolute atomic E-state index is 0.216. The van der Waals surface area contributed by atoms with Gasteiger partial charge < -0.3 is 14.6 Å². The van der Waals surface area contributed by atoms with Crippen molar-refractivity contribution < 1.29 is 22.7 Å². The van der Waals surface area contributed by atoms with Crippen LogP contribution in [0, 0.1) is 6.92 Å². The Morgan fingerprint density at radius 2 is 2.08 bits per heavy atom. The molecular weight excluding hydrogens is 358 g/mol. The molecule has 2 heterocycles. The van der Waals surface area contributed by atoms with Crippen molar-refractivity contribution in [1.29, 1.82) is 0 Å². The van der Waals surface area contributed by atoms with Crippen LogP contribution in [-0.2, 0) is 21.2 Å². The first-order valence-electron chi connectivity index (χ1n) is 8.74. The van der Waals surface area contributed by atoms with Gasteiger partial charge in [-0.2, -0.15) is 0 Å². The zero-order valence-electron chi connectivity index (χ0n) is 15.7. The fourth-order valence-electron chi connectivity index (χ4n) is 3.46. The number of sulfonamides is 1. The average molecular weight is 385 g/mol. The van der Waals surface area contributed by atoms with Crippen molar-refractivity contribution in [3.8, 4) is 0 Å². The average Bonchev–Trinajstić information content (AvgIpc) is 2.89. The van der Waals surface area contributed by atoms with Crippen molar-refractivity contribution in [2.24, 2.45) is 0 Å². The van der Waals surface area contributed by atoms with Crippen LogP contribution in [0.2, 0.25) is 0 Å². The van der Waals surface area contributed by atoms with Gasteiger partial charge in [-0.25, -0.2) is 17.9 Å². The predicted octanol–water partition coefficient (Wildman–Crippen LogP) is 1.22. The highest BCUT2D eigenvalue weighted by Gasteiger charge is 2.31. The van der Waals surface area contributed by atoms with Gasteiger partial charge in [0.2, 0.25) is 10.0 Å². The highest BCUT2D eigenvalue weighted by atomic mass is 32.2. The molecule has 1 atom stereocenters. The van der Waals surface area contributed by atoms with Crippen LogP contribution in [0.1, 0.15) is 58.3 Å². The zero-order chi connectivity index (χ0) is 19.5. The minimum atomic E-state index is -3.33. The lowest BCUT2D eigenvalue weighted by atomic mass is 10.0. The lowest BCUT2D eigenvalue weighted by molar-refractivity contribution is 0.0599. The van der Waals surface area contributed by atoms with Gasteiger partial charge in [0.25, 0.3) is 5.91 Å². The lowest BCUT2D eigenvalue weighted by Crippen LogP contribution is -2.49. The Labute approximate surface area is 154 Å². The molecule has 0 aliphatic carbocycles. The molecule has 0 unspecified atom stereocenters. The predicted molar refractivity (Wildman–Crippen MR) is 97.8 cm³/mol. The van der Waals surface area contributed by atoms with Gasteiger partial charge in [-0.05, 0) is 31.7 Å². The number of methoxy groups -OCH3 is 1. The number of H-pyrrole nitrogens is 1. The second-order valence-electron chi connectivity index (χ2n) is 6.70.